The van der Waals surface area contributed by atoms with Crippen molar-refractivity contribution in [1.29, 1.82) is 0 Å². The summed E-state index contributed by atoms with van der Waals surface area (Å²) in [5.74, 6) is 0.808. The molecule has 0 heterocycles. The van der Waals surface area contributed by atoms with Crippen LogP contribution in [-0.4, -0.2) is 30.8 Å². The van der Waals surface area contributed by atoms with Gasteiger partial charge in [-0.05, 0) is 40.5 Å². The quantitative estimate of drug-likeness (QED) is 0.105. The second-order valence-corrected chi connectivity index (χ2v) is 15.3. The fourth-order valence-electron chi connectivity index (χ4n) is 5.42. The monoisotopic (exact) mass is 631 g/mol. The van der Waals surface area contributed by atoms with Gasteiger partial charge in [0, 0.05) is 37.4 Å². The molecule has 0 aromatic heterocycles. The first-order chi connectivity index (χ1) is 19.4. The van der Waals surface area contributed by atoms with Crippen LogP contribution in [0.2, 0.25) is 0 Å². The predicted molar refractivity (Wildman–Crippen MR) is 178 cm³/mol. The van der Waals surface area contributed by atoms with Crippen LogP contribution in [0.15, 0.2) is 94.9 Å². The molecule has 0 saturated carbocycles. The van der Waals surface area contributed by atoms with E-state index in [4.69, 9.17) is 30.2 Å². The zero-order valence-electron chi connectivity index (χ0n) is 23.9. The molecule has 2 nitrogen and oxygen atoms in total. The van der Waals surface area contributed by atoms with Crippen molar-refractivity contribution in [2.75, 3.05) is 19.4 Å². The molecule has 4 aromatic carbocycles. The zero-order chi connectivity index (χ0) is 28.6. The number of para-hydroxylation sites is 1. The third kappa shape index (κ3) is 7.07. The number of benzene rings is 4. The normalized spacial score (nSPS) is 15.3. The molecule has 4 aromatic rings. The summed E-state index contributed by atoms with van der Waals surface area (Å²) in [6.07, 6.45) is 2.32. The molecule has 1 unspecified atom stereocenters. The Morgan fingerprint density at radius 2 is 1.27 bits per heavy atom. The molecule has 1 atom stereocenters. The minimum atomic E-state index is -0.547. The van der Waals surface area contributed by atoms with Crippen LogP contribution in [0.5, 0.6) is 0 Å². The van der Waals surface area contributed by atoms with Crippen molar-refractivity contribution in [3.63, 3.8) is 0 Å². The summed E-state index contributed by atoms with van der Waals surface area (Å²) in [5.41, 5.74) is 8.28. The summed E-state index contributed by atoms with van der Waals surface area (Å²) < 4.78 is 0. The molecule has 0 bridgehead atoms. The van der Waals surface area contributed by atoms with Gasteiger partial charge in [-0.3, -0.25) is 4.99 Å². The molecule has 40 heavy (non-hydrogen) atoms. The first-order valence-corrected chi connectivity index (χ1v) is 19.1. The summed E-state index contributed by atoms with van der Waals surface area (Å²) in [7, 11) is 8.98. The van der Waals surface area contributed by atoms with Crippen molar-refractivity contribution in [1.82, 2.24) is 0 Å². The molecular formula is C34H38Cl2FeN2P+. The van der Waals surface area contributed by atoms with Crippen LogP contribution in [0.25, 0.3) is 10.8 Å². The van der Waals surface area contributed by atoms with Crippen molar-refractivity contribution in [2.24, 2.45) is 9.98 Å². The molecule has 1 aliphatic rings. The van der Waals surface area contributed by atoms with Gasteiger partial charge in [0.15, 0.2) is 0 Å². The van der Waals surface area contributed by atoms with Gasteiger partial charge in [0.05, 0.1) is 35.2 Å². The van der Waals surface area contributed by atoms with Gasteiger partial charge in [-0.25, -0.2) is 4.99 Å². The van der Waals surface area contributed by atoms with E-state index in [2.05, 4.69) is 119 Å². The van der Waals surface area contributed by atoms with Crippen molar-refractivity contribution < 1.29 is 13.1 Å². The van der Waals surface area contributed by atoms with Gasteiger partial charge in [0.2, 0.25) is 0 Å². The van der Waals surface area contributed by atoms with E-state index in [1.807, 2.05) is 0 Å². The molecule has 0 radical (unpaired) electrons. The average Bonchev–Trinajstić information content (AvgIpc) is 3.25. The van der Waals surface area contributed by atoms with Crippen molar-refractivity contribution in [3.05, 3.63) is 107 Å². The van der Waals surface area contributed by atoms with Crippen LogP contribution in [0.1, 0.15) is 68.2 Å². The van der Waals surface area contributed by atoms with Crippen LogP contribution < -0.4 is 5.30 Å². The van der Waals surface area contributed by atoms with Crippen molar-refractivity contribution in [2.45, 2.75) is 46.0 Å². The molecule has 1 aliphatic carbocycles. The molecular weight excluding hydrogens is 594 g/mol. The summed E-state index contributed by atoms with van der Waals surface area (Å²) in [4.78, 5) is 10.7. The van der Waals surface area contributed by atoms with E-state index in [-0.39, 0.29) is 13.1 Å². The molecule has 0 N–H and O–H groups in total. The van der Waals surface area contributed by atoms with Crippen LogP contribution in [-0.2, 0) is 13.1 Å². The van der Waals surface area contributed by atoms with Crippen LogP contribution in [0.4, 0.5) is 5.69 Å². The minimum absolute atomic E-state index is 0.194. The van der Waals surface area contributed by atoms with E-state index in [1.54, 1.807) is 0 Å². The second kappa shape index (κ2) is 14.8. The van der Waals surface area contributed by atoms with E-state index in [1.165, 1.54) is 44.5 Å². The van der Waals surface area contributed by atoms with Crippen molar-refractivity contribution >= 4 is 61.3 Å². The third-order valence-corrected chi connectivity index (χ3v) is 9.87. The molecule has 6 heteroatoms. The number of hydrogen-bond donors (Lipinski definition) is 0. The summed E-state index contributed by atoms with van der Waals surface area (Å²) >= 11 is 0.194. The van der Waals surface area contributed by atoms with E-state index in [0.717, 1.165) is 30.1 Å². The molecule has 0 amide bonds. The van der Waals surface area contributed by atoms with E-state index < -0.39 is 7.92 Å². The molecule has 5 rings (SSSR count). The summed E-state index contributed by atoms with van der Waals surface area (Å²) in [6, 6.07) is 30.8. The zero-order valence-corrected chi connectivity index (χ0v) is 27.5. The Morgan fingerprint density at radius 3 is 1.85 bits per heavy atom. The van der Waals surface area contributed by atoms with Gasteiger partial charge >= 0.3 is 33.3 Å². The van der Waals surface area contributed by atoms with E-state index in [9.17, 15) is 0 Å². The molecule has 0 spiro atoms. The molecule has 0 fully saturated rings. The predicted octanol–water partition coefficient (Wildman–Crippen LogP) is 9.95. The van der Waals surface area contributed by atoms with Crippen molar-refractivity contribution in [3.8, 4) is 0 Å². The molecule has 0 saturated heterocycles. The van der Waals surface area contributed by atoms with Gasteiger partial charge in [-0.2, -0.15) is 0 Å². The maximum atomic E-state index is 5.48. The van der Waals surface area contributed by atoms with Gasteiger partial charge in [-0.1, -0.05) is 100 Å². The number of halogens is 2. The Bertz CT molecular complexity index is 1470. The fraction of sp³-hybridized carbons (Fsp3) is 0.294. The number of rotatable bonds is 8. The second-order valence-electron chi connectivity index (χ2n) is 10.8. The van der Waals surface area contributed by atoms with Crippen LogP contribution in [0, 0.1) is 0 Å². The first kappa shape index (κ1) is 31.0. The van der Waals surface area contributed by atoms with E-state index in [0.29, 0.717) is 11.8 Å². The van der Waals surface area contributed by atoms with Gasteiger partial charge in [-0.15, -0.1) is 0 Å². The SMILES string of the molecule is CC(C)c1cccc(C(C)C)c1N=C1C(=NCCC[PH+](C)c2ccccc2)c2cccc3cccc1c23.[Cl][Fe][Cl]. The Hall–Kier alpha value is -1.99. The van der Waals surface area contributed by atoms with Crippen LogP contribution in [0.3, 0.4) is 0 Å². The maximum absolute atomic E-state index is 5.48. The number of nitrogens with zero attached hydrogens (tertiary/aromatic N) is 2. The van der Waals surface area contributed by atoms with E-state index >= 15 is 0 Å². The third-order valence-electron chi connectivity index (χ3n) is 7.45. The van der Waals surface area contributed by atoms with Gasteiger partial charge in [0.25, 0.3) is 0 Å². The Morgan fingerprint density at radius 1 is 0.725 bits per heavy atom. The number of hydrogen-bond acceptors (Lipinski definition) is 2. The van der Waals surface area contributed by atoms with Gasteiger partial charge < -0.3 is 0 Å². The fourth-order valence-corrected chi connectivity index (χ4v) is 7.16. The average molecular weight is 632 g/mol. The Kier molecular flexibility index (Phi) is 11.4. The summed E-state index contributed by atoms with van der Waals surface area (Å²) in [5, 5.41) is 4.06. The number of aliphatic imine (C=N–C) groups is 2. The first-order valence-electron chi connectivity index (χ1n) is 13.9. The topological polar surface area (TPSA) is 24.7 Å². The summed E-state index contributed by atoms with van der Waals surface area (Å²) in [6.45, 7) is 12.3. The molecule has 210 valence electrons. The Balaban J connectivity index is 0.00000118. The Labute approximate surface area is 255 Å². The molecule has 0 aliphatic heterocycles. The van der Waals surface area contributed by atoms with Gasteiger partial charge in [0.1, 0.15) is 0 Å². The van der Waals surface area contributed by atoms with Crippen LogP contribution >= 0.6 is 28.1 Å². The standard InChI is InChI=1S/C34H37N2P.2ClH.Fe/c1-23(2)27-17-11-18-28(24(3)4)32(27)36-34-30-20-10-14-25-13-9-19-29(31(25)30)33(34)35-21-12-22-37(5)26-15-7-6-8-16-26;;;/h6-11,13-20,23-24H,12,21-22H2,1-5H3;2*1H;/q;;;+2/p-1.